The molecule has 0 aromatic heterocycles. The van der Waals surface area contributed by atoms with E-state index in [-0.39, 0.29) is 11.5 Å². The average molecular weight is 339 g/mol. The zero-order valence-corrected chi connectivity index (χ0v) is 12.0. The van der Waals surface area contributed by atoms with E-state index in [9.17, 15) is 14.5 Å². The van der Waals surface area contributed by atoms with Crippen molar-refractivity contribution in [2.75, 3.05) is 0 Å². The zero-order chi connectivity index (χ0) is 14.7. The highest BCUT2D eigenvalue weighted by Gasteiger charge is 2.16. The fraction of sp³-hybridized carbons (Fsp3) is 0.143. The lowest BCUT2D eigenvalue weighted by Crippen LogP contribution is -2.15. The van der Waals surface area contributed by atoms with Crippen LogP contribution in [0.4, 0.5) is 10.1 Å². The third kappa shape index (κ3) is 3.20. The van der Waals surface area contributed by atoms with Crippen molar-refractivity contribution in [1.82, 2.24) is 0 Å². The van der Waals surface area contributed by atoms with Crippen molar-refractivity contribution in [3.8, 4) is 0 Å². The van der Waals surface area contributed by atoms with Gasteiger partial charge in [0.1, 0.15) is 5.82 Å². The second-order valence-electron chi connectivity index (χ2n) is 4.37. The molecule has 2 N–H and O–H groups in total. The number of nitro benzene ring substituents is 1. The molecule has 0 aliphatic heterocycles. The van der Waals surface area contributed by atoms with Gasteiger partial charge in [-0.3, -0.25) is 10.1 Å². The van der Waals surface area contributed by atoms with Gasteiger partial charge in [0, 0.05) is 28.2 Å². The lowest BCUT2D eigenvalue weighted by atomic mass is 9.99. The van der Waals surface area contributed by atoms with Crippen LogP contribution in [0, 0.1) is 15.9 Å². The summed E-state index contributed by atoms with van der Waals surface area (Å²) in [6.07, 6.45) is 0.400. The number of hydrogen-bond acceptors (Lipinski definition) is 3. The van der Waals surface area contributed by atoms with Crippen LogP contribution in [0.2, 0.25) is 0 Å². The number of halogens is 2. The Labute approximate surface area is 123 Å². The number of nitrogens with two attached hydrogens (primary N) is 1. The minimum Gasteiger partial charge on any atom is -0.324 e. The minimum absolute atomic E-state index is 0.0226. The van der Waals surface area contributed by atoms with Crippen LogP contribution in [0.3, 0.4) is 0 Å². The van der Waals surface area contributed by atoms with Gasteiger partial charge in [-0.2, -0.15) is 0 Å². The summed E-state index contributed by atoms with van der Waals surface area (Å²) in [5.74, 6) is -0.367. The van der Waals surface area contributed by atoms with Gasteiger partial charge in [0.05, 0.1) is 4.92 Å². The summed E-state index contributed by atoms with van der Waals surface area (Å²) in [5, 5.41) is 10.6. The third-order valence-corrected chi connectivity index (χ3v) is 3.66. The highest BCUT2D eigenvalue weighted by Crippen LogP contribution is 2.27. The summed E-state index contributed by atoms with van der Waals surface area (Å²) < 4.78 is 14.4. The number of hydrogen-bond donors (Lipinski definition) is 1. The van der Waals surface area contributed by atoms with E-state index in [1.165, 1.54) is 18.2 Å². The first kappa shape index (κ1) is 14.6. The maximum absolute atomic E-state index is 13.8. The fourth-order valence-electron chi connectivity index (χ4n) is 1.97. The lowest BCUT2D eigenvalue weighted by Gasteiger charge is -2.14. The molecule has 0 bridgehead atoms. The van der Waals surface area contributed by atoms with E-state index in [1.54, 1.807) is 24.3 Å². The van der Waals surface area contributed by atoms with Crippen molar-refractivity contribution in [3.05, 3.63) is 74.0 Å². The van der Waals surface area contributed by atoms with Gasteiger partial charge in [0.25, 0.3) is 5.69 Å². The second kappa shape index (κ2) is 6.11. The fourth-order valence-corrected chi connectivity index (χ4v) is 2.61. The Kier molecular flexibility index (Phi) is 4.46. The molecular weight excluding hydrogens is 327 g/mol. The Morgan fingerprint density at radius 1 is 1.25 bits per heavy atom. The largest absolute Gasteiger partial charge is 0.324 e. The molecule has 0 amide bonds. The average Bonchev–Trinajstić information content (AvgIpc) is 2.39. The summed E-state index contributed by atoms with van der Waals surface area (Å²) in [6, 6.07) is 10.3. The van der Waals surface area contributed by atoms with Crippen LogP contribution in [0.5, 0.6) is 0 Å². The summed E-state index contributed by atoms with van der Waals surface area (Å²) in [6.45, 7) is 0. The standard InChI is InChI=1S/C14H12BrFN2O2/c15-11-2-1-3-12(16)14(11)13(17)8-9-4-6-10(7-5-9)18(19)20/h1-7,13H,8,17H2. The number of rotatable bonds is 4. The SMILES string of the molecule is NC(Cc1ccc([N+](=O)[O-])cc1)c1c(F)cccc1Br. The van der Waals surface area contributed by atoms with E-state index in [4.69, 9.17) is 5.73 Å². The van der Waals surface area contributed by atoms with Crippen molar-refractivity contribution in [2.24, 2.45) is 5.73 Å². The van der Waals surface area contributed by atoms with Gasteiger partial charge in [-0.05, 0) is 24.1 Å². The molecule has 0 radical (unpaired) electrons. The molecule has 0 aliphatic rings. The molecule has 6 heteroatoms. The van der Waals surface area contributed by atoms with E-state index in [1.807, 2.05) is 0 Å². The van der Waals surface area contributed by atoms with Crippen LogP contribution in [0.25, 0.3) is 0 Å². The van der Waals surface area contributed by atoms with E-state index in [0.29, 0.717) is 16.5 Å². The molecule has 20 heavy (non-hydrogen) atoms. The van der Waals surface area contributed by atoms with Gasteiger partial charge in [0.2, 0.25) is 0 Å². The van der Waals surface area contributed by atoms with Gasteiger partial charge in [-0.15, -0.1) is 0 Å². The molecule has 0 aliphatic carbocycles. The molecule has 1 unspecified atom stereocenters. The predicted octanol–water partition coefficient (Wildman–Crippen LogP) is 3.74. The predicted molar refractivity (Wildman–Crippen MR) is 77.8 cm³/mol. The Morgan fingerprint density at radius 3 is 2.45 bits per heavy atom. The quantitative estimate of drug-likeness (QED) is 0.681. The normalized spacial score (nSPS) is 12.2. The first-order valence-electron chi connectivity index (χ1n) is 5.92. The van der Waals surface area contributed by atoms with E-state index < -0.39 is 11.0 Å². The van der Waals surface area contributed by atoms with Gasteiger partial charge in [-0.25, -0.2) is 4.39 Å². The molecule has 2 aromatic carbocycles. The smallest absolute Gasteiger partial charge is 0.269 e. The van der Waals surface area contributed by atoms with Gasteiger partial charge in [0.15, 0.2) is 0 Å². The molecule has 2 aromatic rings. The van der Waals surface area contributed by atoms with Gasteiger partial charge < -0.3 is 5.73 Å². The maximum atomic E-state index is 13.8. The van der Waals surface area contributed by atoms with Crippen LogP contribution >= 0.6 is 15.9 Å². The Balaban J connectivity index is 2.19. The molecule has 0 saturated heterocycles. The van der Waals surface area contributed by atoms with E-state index in [0.717, 1.165) is 5.56 Å². The third-order valence-electron chi connectivity index (χ3n) is 2.97. The Hall–Kier alpha value is -1.79. The first-order valence-corrected chi connectivity index (χ1v) is 6.71. The van der Waals surface area contributed by atoms with Crippen molar-refractivity contribution in [2.45, 2.75) is 12.5 Å². The summed E-state index contributed by atoms with van der Waals surface area (Å²) in [5.41, 5.74) is 7.27. The van der Waals surface area contributed by atoms with E-state index >= 15 is 0 Å². The van der Waals surface area contributed by atoms with Gasteiger partial charge in [-0.1, -0.05) is 34.1 Å². The van der Waals surface area contributed by atoms with Crippen LogP contribution in [0.15, 0.2) is 46.9 Å². The molecule has 104 valence electrons. The zero-order valence-electron chi connectivity index (χ0n) is 10.4. The van der Waals surface area contributed by atoms with Crippen molar-refractivity contribution < 1.29 is 9.31 Å². The molecule has 0 spiro atoms. The first-order chi connectivity index (χ1) is 9.49. The lowest BCUT2D eigenvalue weighted by molar-refractivity contribution is -0.384. The number of non-ortho nitro benzene ring substituents is 1. The minimum atomic E-state index is -0.521. The van der Waals surface area contributed by atoms with Crippen LogP contribution in [-0.4, -0.2) is 4.92 Å². The van der Waals surface area contributed by atoms with Crippen LogP contribution in [-0.2, 0) is 6.42 Å². The molecular formula is C14H12BrFN2O2. The molecule has 0 heterocycles. The number of nitro groups is 1. The molecule has 4 nitrogen and oxygen atoms in total. The highest BCUT2D eigenvalue weighted by molar-refractivity contribution is 9.10. The summed E-state index contributed by atoms with van der Waals surface area (Å²) >= 11 is 3.28. The number of benzene rings is 2. The Morgan fingerprint density at radius 2 is 1.90 bits per heavy atom. The second-order valence-corrected chi connectivity index (χ2v) is 5.22. The number of nitrogens with zero attached hydrogens (tertiary/aromatic N) is 1. The highest BCUT2D eigenvalue weighted by atomic mass is 79.9. The van der Waals surface area contributed by atoms with Crippen molar-refractivity contribution >= 4 is 21.6 Å². The molecule has 0 fully saturated rings. The Bertz CT molecular complexity index is 611. The summed E-state index contributed by atoms with van der Waals surface area (Å²) in [7, 11) is 0. The molecule has 0 saturated carbocycles. The van der Waals surface area contributed by atoms with Crippen LogP contribution < -0.4 is 5.73 Å². The molecule has 2 rings (SSSR count). The monoisotopic (exact) mass is 338 g/mol. The van der Waals surface area contributed by atoms with E-state index in [2.05, 4.69) is 15.9 Å². The van der Waals surface area contributed by atoms with Gasteiger partial charge >= 0.3 is 0 Å². The summed E-state index contributed by atoms with van der Waals surface area (Å²) in [4.78, 5) is 10.1. The topological polar surface area (TPSA) is 69.2 Å². The van der Waals surface area contributed by atoms with Crippen molar-refractivity contribution in [1.29, 1.82) is 0 Å². The maximum Gasteiger partial charge on any atom is 0.269 e. The van der Waals surface area contributed by atoms with Crippen LogP contribution in [0.1, 0.15) is 17.2 Å². The molecule has 1 atom stereocenters. The van der Waals surface area contributed by atoms with Crippen molar-refractivity contribution in [3.63, 3.8) is 0 Å².